The Labute approximate surface area is 204 Å². The van der Waals surface area contributed by atoms with Gasteiger partial charge in [-0.25, -0.2) is 0 Å². The van der Waals surface area contributed by atoms with Crippen molar-refractivity contribution in [2.75, 3.05) is 23.1 Å². The Morgan fingerprint density at radius 3 is 2.36 bits per heavy atom. The van der Waals surface area contributed by atoms with Gasteiger partial charge in [0.05, 0.1) is 12.8 Å². The van der Waals surface area contributed by atoms with Gasteiger partial charge in [0.1, 0.15) is 16.3 Å². The number of anilines is 3. The Balaban J connectivity index is 1.39. The molecular weight excluding hydrogens is 478 g/mol. The molecule has 4 aromatic rings. The van der Waals surface area contributed by atoms with Crippen molar-refractivity contribution >= 4 is 63.4 Å². The number of hydrogen-bond donors (Lipinski definition) is 3. The van der Waals surface area contributed by atoms with E-state index in [-0.39, 0.29) is 5.91 Å². The van der Waals surface area contributed by atoms with Crippen molar-refractivity contribution in [3.63, 3.8) is 0 Å². The summed E-state index contributed by atoms with van der Waals surface area (Å²) in [5.74, 6) is 0.351. The smallest absolute Gasteiger partial charge is 0.269 e. The first-order chi connectivity index (χ1) is 16.0. The molecule has 0 unspecified atom stereocenters. The van der Waals surface area contributed by atoms with Crippen molar-refractivity contribution in [1.82, 2.24) is 9.59 Å². The van der Waals surface area contributed by atoms with Crippen LogP contribution in [0.1, 0.15) is 9.67 Å². The third kappa shape index (κ3) is 5.64. The zero-order valence-corrected chi connectivity index (χ0v) is 19.7. The first-order valence-corrected chi connectivity index (χ1v) is 11.3. The number of ether oxygens (including phenoxy) is 1. The van der Waals surface area contributed by atoms with Gasteiger partial charge in [0.2, 0.25) is 0 Å². The van der Waals surface area contributed by atoms with Crippen LogP contribution >= 0.6 is 35.4 Å². The summed E-state index contributed by atoms with van der Waals surface area (Å²) < 4.78 is 9.26. The van der Waals surface area contributed by atoms with Gasteiger partial charge in [-0.2, -0.15) is 0 Å². The Bertz CT molecular complexity index is 1280. The summed E-state index contributed by atoms with van der Waals surface area (Å²) in [4.78, 5) is 13.2. The van der Waals surface area contributed by atoms with E-state index in [2.05, 4.69) is 25.5 Å². The Morgan fingerprint density at radius 1 is 0.970 bits per heavy atom. The van der Waals surface area contributed by atoms with Gasteiger partial charge in [0.15, 0.2) is 5.11 Å². The fourth-order valence-electron chi connectivity index (χ4n) is 3.01. The average Bonchev–Trinajstić information content (AvgIpc) is 3.31. The van der Waals surface area contributed by atoms with Gasteiger partial charge in [-0.15, -0.1) is 5.10 Å². The average molecular weight is 496 g/mol. The van der Waals surface area contributed by atoms with Crippen LogP contribution < -0.4 is 20.7 Å². The topological polar surface area (TPSA) is 88.2 Å². The van der Waals surface area contributed by atoms with Gasteiger partial charge in [-0.05, 0) is 66.2 Å². The lowest BCUT2D eigenvalue weighted by atomic mass is 10.1. The van der Waals surface area contributed by atoms with Gasteiger partial charge in [-0.1, -0.05) is 46.4 Å². The molecule has 0 saturated carbocycles. The number of halogens is 1. The van der Waals surface area contributed by atoms with Crippen molar-refractivity contribution in [3.05, 3.63) is 82.7 Å². The van der Waals surface area contributed by atoms with Gasteiger partial charge in [0.25, 0.3) is 5.91 Å². The minimum absolute atomic E-state index is 0.269. The van der Waals surface area contributed by atoms with Crippen LogP contribution in [0.2, 0.25) is 5.02 Å². The van der Waals surface area contributed by atoms with E-state index in [0.717, 1.165) is 22.8 Å². The molecule has 3 aromatic carbocycles. The molecule has 0 radical (unpaired) electrons. The third-order valence-electron chi connectivity index (χ3n) is 4.55. The highest BCUT2D eigenvalue weighted by molar-refractivity contribution is 7.80. The number of nitrogens with one attached hydrogen (secondary N) is 3. The van der Waals surface area contributed by atoms with Gasteiger partial charge in [0, 0.05) is 22.0 Å². The molecule has 1 amide bonds. The molecule has 10 heteroatoms. The van der Waals surface area contributed by atoms with Gasteiger partial charge in [-0.3, -0.25) is 4.79 Å². The lowest BCUT2D eigenvalue weighted by Crippen LogP contribution is -2.19. The number of methoxy groups -OCH3 is 1. The predicted molar refractivity (Wildman–Crippen MR) is 138 cm³/mol. The van der Waals surface area contributed by atoms with Gasteiger partial charge >= 0.3 is 0 Å². The Hall–Kier alpha value is -3.53. The van der Waals surface area contributed by atoms with Crippen LogP contribution in [-0.4, -0.2) is 27.7 Å². The largest absolute Gasteiger partial charge is 0.495 e. The molecule has 1 heterocycles. The molecule has 166 valence electrons. The van der Waals surface area contributed by atoms with Crippen LogP contribution in [0.15, 0.2) is 72.8 Å². The Morgan fingerprint density at radius 2 is 1.67 bits per heavy atom. The predicted octanol–water partition coefficient (Wildman–Crippen LogP) is 5.93. The second-order valence-electron chi connectivity index (χ2n) is 6.77. The molecule has 0 saturated heterocycles. The maximum absolute atomic E-state index is 12.8. The number of aromatic nitrogens is 2. The zero-order chi connectivity index (χ0) is 23.2. The van der Waals surface area contributed by atoms with E-state index in [4.69, 9.17) is 28.6 Å². The summed E-state index contributed by atoms with van der Waals surface area (Å²) in [5.41, 5.74) is 3.43. The number of amides is 1. The van der Waals surface area contributed by atoms with Gasteiger partial charge < -0.3 is 20.7 Å². The molecule has 0 atom stereocenters. The molecule has 0 fully saturated rings. The molecule has 1 aromatic heterocycles. The monoisotopic (exact) mass is 495 g/mol. The zero-order valence-electron chi connectivity index (χ0n) is 17.3. The van der Waals surface area contributed by atoms with E-state index in [9.17, 15) is 4.79 Å². The number of hydrogen-bond acceptors (Lipinski definition) is 6. The second-order valence-corrected chi connectivity index (χ2v) is 8.37. The highest BCUT2D eigenvalue weighted by Gasteiger charge is 2.18. The number of rotatable bonds is 6. The van der Waals surface area contributed by atoms with Crippen molar-refractivity contribution in [2.24, 2.45) is 0 Å². The number of benzene rings is 3. The SMILES string of the molecule is COc1ccc(Cl)cc1NC(=S)Nc1ccc(NC(=O)c2snnc2-c2ccccc2)cc1. The molecular formula is C23H18ClN5O2S2. The molecule has 4 rings (SSSR count). The van der Waals surface area contributed by atoms with Crippen molar-refractivity contribution < 1.29 is 9.53 Å². The molecule has 33 heavy (non-hydrogen) atoms. The van der Waals surface area contributed by atoms with Crippen LogP contribution in [0.25, 0.3) is 11.3 Å². The summed E-state index contributed by atoms with van der Waals surface area (Å²) in [5, 5.41) is 14.1. The van der Waals surface area contributed by atoms with Crippen LogP contribution in [0.5, 0.6) is 5.75 Å². The molecule has 0 aliphatic carbocycles. The van der Waals surface area contributed by atoms with Crippen LogP contribution in [0, 0.1) is 0 Å². The fraction of sp³-hybridized carbons (Fsp3) is 0.0435. The first kappa shape index (κ1) is 22.7. The molecule has 7 nitrogen and oxygen atoms in total. The number of carbonyl (C=O) groups excluding carboxylic acids is 1. The minimum Gasteiger partial charge on any atom is -0.495 e. The van der Waals surface area contributed by atoms with E-state index >= 15 is 0 Å². The number of thiocarbonyl (C=S) groups is 1. The summed E-state index contributed by atoms with van der Waals surface area (Å²) in [6, 6.07) is 21.9. The normalized spacial score (nSPS) is 10.4. The highest BCUT2D eigenvalue weighted by Crippen LogP contribution is 2.28. The van der Waals surface area contributed by atoms with E-state index in [1.54, 1.807) is 37.4 Å². The molecule has 0 spiro atoms. The fourth-order valence-corrected chi connectivity index (χ4v) is 3.99. The summed E-state index contributed by atoms with van der Waals surface area (Å²) >= 11 is 12.5. The minimum atomic E-state index is -0.269. The third-order valence-corrected chi connectivity index (χ3v) is 5.72. The van der Waals surface area contributed by atoms with E-state index in [0.29, 0.717) is 37.8 Å². The van der Waals surface area contributed by atoms with E-state index in [1.165, 1.54) is 0 Å². The van der Waals surface area contributed by atoms with E-state index in [1.807, 2.05) is 42.5 Å². The Kier molecular flexibility index (Phi) is 7.13. The lowest BCUT2D eigenvalue weighted by molar-refractivity contribution is 0.103. The molecule has 0 bridgehead atoms. The van der Waals surface area contributed by atoms with Crippen LogP contribution in [0.3, 0.4) is 0 Å². The van der Waals surface area contributed by atoms with Crippen molar-refractivity contribution in [3.8, 4) is 17.0 Å². The summed E-state index contributed by atoms with van der Waals surface area (Å²) in [6.07, 6.45) is 0. The lowest BCUT2D eigenvalue weighted by Gasteiger charge is -2.14. The number of nitrogens with zero attached hydrogens (tertiary/aromatic N) is 2. The molecule has 0 aliphatic rings. The maximum Gasteiger partial charge on any atom is 0.269 e. The van der Waals surface area contributed by atoms with Crippen molar-refractivity contribution in [2.45, 2.75) is 0 Å². The maximum atomic E-state index is 12.8. The number of carbonyl (C=O) groups is 1. The molecule has 3 N–H and O–H groups in total. The highest BCUT2D eigenvalue weighted by atomic mass is 35.5. The van der Waals surface area contributed by atoms with Crippen molar-refractivity contribution in [1.29, 1.82) is 0 Å². The second kappa shape index (κ2) is 10.4. The molecule has 0 aliphatic heterocycles. The standard InChI is InChI=1S/C23H18ClN5O2S2/c1-31-19-12-7-15(24)13-18(19)27-23(32)26-17-10-8-16(9-11-17)25-22(30)21-20(28-29-33-21)14-5-3-2-4-6-14/h2-13H,1H3,(H,25,30)(H2,26,27,32). The summed E-state index contributed by atoms with van der Waals surface area (Å²) in [6.45, 7) is 0. The quantitative estimate of drug-likeness (QED) is 0.286. The van der Waals surface area contributed by atoms with E-state index < -0.39 is 0 Å². The first-order valence-electron chi connectivity index (χ1n) is 9.74. The van der Waals surface area contributed by atoms with Crippen LogP contribution in [-0.2, 0) is 0 Å². The van der Waals surface area contributed by atoms with Crippen LogP contribution in [0.4, 0.5) is 17.1 Å². The summed E-state index contributed by atoms with van der Waals surface area (Å²) in [7, 11) is 1.57.